The highest BCUT2D eigenvalue weighted by atomic mass is 19.1. The Morgan fingerprint density at radius 2 is 1.41 bits per heavy atom. The number of hydrogen-bond donors (Lipinski definition) is 1. The van der Waals surface area contributed by atoms with Gasteiger partial charge in [-0.25, -0.2) is 4.39 Å². The van der Waals surface area contributed by atoms with E-state index in [-0.39, 0.29) is 5.82 Å². The summed E-state index contributed by atoms with van der Waals surface area (Å²) in [5.74, 6) is 0.427. The Bertz CT molecular complexity index is 477. The molecule has 0 aliphatic rings. The summed E-state index contributed by atoms with van der Waals surface area (Å²) in [6, 6.07) is 12.9. The monoisotopic (exact) mass is 232 g/mol. The lowest BCUT2D eigenvalue weighted by Crippen LogP contribution is -1.99. The summed E-state index contributed by atoms with van der Waals surface area (Å²) in [5.41, 5.74) is 1.41. The highest BCUT2D eigenvalue weighted by Crippen LogP contribution is 2.23. The fraction of sp³-hybridized carbons (Fsp3) is 0.143. The summed E-state index contributed by atoms with van der Waals surface area (Å²) < 4.78 is 17.8. The van der Waals surface area contributed by atoms with Crippen LogP contribution < -0.4 is 4.74 Å². The first-order chi connectivity index (χ1) is 8.20. The summed E-state index contributed by atoms with van der Waals surface area (Å²) in [6.45, 7) is 0. The van der Waals surface area contributed by atoms with E-state index in [9.17, 15) is 9.50 Å². The fourth-order valence-electron chi connectivity index (χ4n) is 1.62. The molecule has 2 rings (SSSR count). The van der Waals surface area contributed by atoms with Crippen LogP contribution in [0, 0.1) is 5.82 Å². The van der Waals surface area contributed by atoms with Gasteiger partial charge in [-0.1, -0.05) is 24.3 Å². The van der Waals surface area contributed by atoms with E-state index in [4.69, 9.17) is 4.74 Å². The molecule has 3 heteroatoms. The lowest BCUT2D eigenvalue weighted by molar-refractivity contribution is 0.220. The molecule has 0 radical (unpaired) electrons. The molecule has 2 nitrogen and oxygen atoms in total. The van der Waals surface area contributed by atoms with E-state index in [1.807, 2.05) is 0 Å². The fourth-order valence-corrected chi connectivity index (χ4v) is 1.62. The molecule has 0 unspecified atom stereocenters. The lowest BCUT2D eigenvalue weighted by Gasteiger charge is -2.11. The molecule has 1 atom stereocenters. The second-order valence-electron chi connectivity index (χ2n) is 3.73. The molecule has 0 aromatic heterocycles. The normalized spacial score (nSPS) is 12.2. The molecule has 0 aliphatic heterocycles. The first-order valence-corrected chi connectivity index (χ1v) is 5.28. The molecule has 0 fully saturated rings. The Morgan fingerprint density at radius 3 is 1.88 bits per heavy atom. The smallest absolute Gasteiger partial charge is 0.123 e. The predicted molar refractivity (Wildman–Crippen MR) is 63.5 cm³/mol. The largest absolute Gasteiger partial charge is 0.497 e. The molecule has 0 heterocycles. The van der Waals surface area contributed by atoms with Gasteiger partial charge < -0.3 is 9.84 Å². The third kappa shape index (κ3) is 2.63. The van der Waals surface area contributed by atoms with Crippen LogP contribution in [0.25, 0.3) is 0 Å². The number of hydrogen-bond acceptors (Lipinski definition) is 2. The number of methoxy groups -OCH3 is 1. The van der Waals surface area contributed by atoms with Crippen molar-refractivity contribution < 1.29 is 14.2 Å². The number of halogens is 1. The van der Waals surface area contributed by atoms with Crippen LogP contribution in [-0.4, -0.2) is 12.2 Å². The minimum Gasteiger partial charge on any atom is -0.497 e. The van der Waals surface area contributed by atoms with Crippen LogP contribution in [0.3, 0.4) is 0 Å². The van der Waals surface area contributed by atoms with Gasteiger partial charge in [0.25, 0.3) is 0 Å². The number of ether oxygens (including phenoxy) is 1. The van der Waals surface area contributed by atoms with Gasteiger partial charge in [-0.05, 0) is 35.4 Å². The molecule has 0 saturated heterocycles. The van der Waals surface area contributed by atoms with Crippen molar-refractivity contribution in [3.8, 4) is 5.75 Å². The Labute approximate surface area is 99.3 Å². The predicted octanol–water partition coefficient (Wildman–Crippen LogP) is 2.92. The quantitative estimate of drug-likeness (QED) is 0.881. The minimum atomic E-state index is -0.749. The van der Waals surface area contributed by atoms with Crippen molar-refractivity contribution >= 4 is 0 Å². The average Bonchev–Trinajstić information content (AvgIpc) is 2.39. The number of aliphatic hydroxyl groups is 1. The molecule has 88 valence electrons. The third-order valence-electron chi connectivity index (χ3n) is 2.62. The van der Waals surface area contributed by atoms with E-state index in [1.54, 1.807) is 43.5 Å². The van der Waals surface area contributed by atoms with Crippen LogP contribution in [-0.2, 0) is 0 Å². The van der Waals surface area contributed by atoms with Gasteiger partial charge in [-0.2, -0.15) is 0 Å². The summed E-state index contributed by atoms with van der Waals surface area (Å²) in [7, 11) is 1.59. The first-order valence-electron chi connectivity index (χ1n) is 5.28. The van der Waals surface area contributed by atoms with Gasteiger partial charge in [-0.3, -0.25) is 0 Å². The van der Waals surface area contributed by atoms with Crippen molar-refractivity contribution in [1.82, 2.24) is 0 Å². The maximum absolute atomic E-state index is 12.8. The molecule has 2 aromatic carbocycles. The van der Waals surface area contributed by atoms with Gasteiger partial charge in [0.2, 0.25) is 0 Å². The zero-order valence-corrected chi connectivity index (χ0v) is 9.43. The summed E-state index contributed by atoms with van der Waals surface area (Å²) in [6.07, 6.45) is -0.749. The second-order valence-corrected chi connectivity index (χ2v) is 3.73. The zero-order valence-electron chi connectivity index (χ0n) is 9.43. The van der Waals surface area contributed by atoms with Crippen LogP contribution in [0.5, 0.6) is 5.75 Å². The van der Waals surface area contributed by atoms with Gasteiger partial charge in [0.05, 0.1) is 7.11 Å². The van der Waals surface area contributed by atoms with Crippen molar-refractivity contribution in [3.05, 3.63) is 65.5 Å². The number of benzene rings is 2. The summed E-state index contributed by atoms with van der Waals surface area (Å²) in [5, 5.41) is 10.1. The zero-order chi connectivity index (χ0) is 12.3. The van der Waals surface area contributed by atoms with Crippen molar-refractivity contribution in [1.29, 1.82) is 0 Å². The van der Waals surface area contributed by atoms with Gasteiger partial charge >= 0.3 is 0 Å². The van der Waals surface area contributed by atoms with E-state index in [0.717, 1.165) is 11.3 Å². The van der Waals surface area contributed by atoms with Crippen LogP contribution in [0.2, 0.25) is 0 Å². The molecule has 2 aromatic rings. The highest BCUT2D eigenvalue weighted by molar-refractivity contribution is 5.34. The second kappa shape index (κ2) is 4.97. The van der Waals surface area contributed by atoms with Crippen molar-refractivity contribution in [2.45, 2.75) is 6.10 Å². The molecule has 17 heavy (non-hydrogen) atoms. The van der Waals surface area contributed by atoms with E-state index in [2.05, 4.69) is 0 Å². The van der Waals surface area contributed by atoms with Crippen molar-refractivity contribution in [2.24, 2.45) is 0 Å². The lowest BCUT2D eigenvalue weighted by atomic mass is 10.0. The average molecular weight is 232 g/mol. The number of aliphatic hydroxyl groups excluding tert-OH is 1. The Balaban J connectivity index is 2.23. The van der Waals surface area contributed by atoms with E-state index < -0.39 is 6.10 Å². The maximum atomic E-state index is 12.8. The molecule has 0 aliphatic carbocycles. The summed E-state index contributed by atoms with van der Waals surface area (Å²) >= 11 is 0. The first kappa shape index (κ1) is 11.6. The maximum Gasteiger partial charge on any atom is 0.123 e. The SMILES string of the molecule is COc1ccc([C@@H](O)c2ccc(F)cc2)cc1. The minimum absolute atomic E-state index is 0.310. The van der Waals surface area contributed by atoms with E-state index in [1.165, 1.54) is 12.1 Å². The molecule has 1 N–H and O–H groups in total. The molecule has 0 bridgehead atoms. The third-order valence-corrected chi connectivity index (χ3v) is 2.62. The molecule has 0 spiro atoms. The standard InChI is InChI=1S/C14H13FO2/c1-17-13-8-4-11(5-9-13)14(16)10-2-6-12(15)7-3-10/h2-9,14,16H,1H3/t14-/m0/s1. The van der Waals surface area contributed by atoms with Gasteiger partial charge in [-0.15, -0.1) is 0 Å². The van der Waals surface area contributed by atoms with Crippen LogP contribution in [0.1, 0.15) is 17.2 Å². The Kier molecular flexibility index (Phi) is 3.40. The number of rotatable bonds is 3. The van der Waals surface area contributed by atoms with Gasteiger partial charge in [0.15, 0.2) is 0 Å². The molecular weight excluding hydrogens is 219 g/mol. The van der Waals surface area contributed by atoms with Crippen LogP contribution in [0.15, 0.2) is 48.5 Å². The Morgan fingerprint density at radius 1 is 0.941 bits per heavy atom. The van der Waals surface area contributed by atoms with E-state index in [0.29, 0.717) is 5.56 Å². The van der Waals surface area contributed by atoms with Crippen LogP contribution >= 0.6 is 0 Å². The molecule has 0 saturated carbocycles. The van der Waals surface area contributed by atoms with Crippen molar-refractivity contribution in [3.63, 3.8) is 0 Å². The Hall–Kier alpha value is -1.87. The molecular formula is C14H13FO2. The highest BCUT2D eigenvalue weighted by Gasteiger charge is 2.10. The van der Waals surface area contributed by atoms with Crippen LogP contribution in [0.4, 0.5) is 4.39 Å². The topological polar surface area (TPSA) is 29.5 Å². The van der Waals surface area contributed by atoms with Gasteiger partial charge in [0, 0.05) is 0 Å². The molecule has 0 amide bonds. The van der Waals surface area contributed by atoms with E-state index >= 15 is 0 Å². The summed E-state index contributed by atoms with van der Waals surface area (Å²) in [4.78, 5) is 0. The van der Waals surface area contributed by atoms with Crippen molar-refractivity contribution in [2.75, 3.05) is 7.11 Å². The van der Waals surface area contributed by atoms with Gasteiger partial charge in [0.1, 0.15) is 17.7 Å².